The Morgan fingerprint density at radius 3 is 2.67 bits per heavy atom. The summed E-state index contributed by atoms with van der Waals surface area (Å²) in [5.41, 5.74) is 0. The molecule has 0 bridgehead atoms. The molecule has 0 aliphatic rings. The minimum absolute atomic E-state index is 0.0324. The minimum Gasteiger partial charge on any atom is -0.245 e. The molecule has 0 unspecified atom stereocenters. The first-order chi connectivity index (χ1) is 4.30. The Labute approximate surface area is 51.9 Å². The first-order valence-electron chi connectivity index (χ1n) is 2.09. The molecule has 1 N–H and O–H groups in total. The third-order valence-corrected chi connectivity index (χ3v) is 1.28. The van der Waals surface area contributed by atoms with E-state index < -0.39 is 10.3 Å². The van der Waals surface area contributed by atoms with Gasteiger partial charge in [0, 0.05) is 0 Å². The second-order valence-electron chi connectivity index (χ2n) is 1.24. The molecule has 0 radical (unpaired) electrons. The summed E-state index contributed by atoms with van der Waals surface area (Å²) in [5.74, 6) is 0. The molecule has 0 atom stereocenters. The van der Waals surface area contributed by atoms with Crippen LogP contribution >= 0.6 is 0 Å². The van der Waals surface area contributed by atoms with Gasteiger partial charge in [-0.05, 0) is 6.07 Å². The van der Waals surface area contributed by atoms with Gasteiger partial charge < -0.3 is 0 Å². The van der Waals surface area contributed by atoms with Gasteiger partial charge in [0.05, 0.1) is 6.20 Å². The van der Waals surface area contributed by atoms with Crippen LogP contribution in [-0.2, 0) is 10.3 Å². The van der Waals surface area contributed by atoms with Crippen LogP contribution in [0.1, 0.15) is 0 Å². The van der Waals surface area contributed by atoms with Gasteiger partial charge in [-0.1, -0.05) is 5.21 Å². The molecule has 6 heteroatoms. The lowest BCUT2D eigenvalue weighted by Gasteiger charge is -1.74. The van der Waals surface area contributed by atoms with Crippen LogP contribution in [0.15, 0.2) is 12.3 Å². The number of nitrogens with zero attached hydrogens (tertiary/aromatic N) is 2. The molecule has 5 nitrogen and oxygen atoms in total. The Kier molecular flexibility index (Phi) is 1.59. The van der Waals surface area contributed by atoms with Gasteiger partial charge in [-0.3, -0.25) is 0 Å². The van der Waals surface area contributed by atoms with Crippen molar-refractivity contribution in [1.82, 2.24) is 15.4 Å². The van der Waals surface area contributed by atoms with Crippen molar-refractivity contribution in [3.8, 4) is 0 Å². The van der Waals surface area contributed by atoms with Crippen molar-refractivity contribution in [2.75, 3.05) is 0 Å². The van der Waals surface area contributed by atoms with Gasteiger partial charge in [0.1, 0.15) is 0 Å². The molecule has 0 saturated heterocycles. The summed E-state index contributed by atoms with van der Waals surface area (Å²) >= 11 is 0. The lowest BCUT2D eigenvalue weighted by Crippen LogP contribution is -1.84. The fourth-order valence-electron chi connectivity index (χ4n) is 0.343. The van der Waals surface area contributed by atoms with Gasteiger partial charge in [-0.15, -0.1) is 5.10 Å². The number of rotatable bonds is 0. The summed E-state index contributed by atoms with van der Waals surface area (Å²) in [6.45, 7) is 0. The maximum absolute atomic E-state index is 10.1. The van der Waals surface area contributed by atoms with E-state index in [2.05, 4.69) is 15.4 Å². The third-order valence-electron chi connectivity index (χ3n) is 0.690. The Bertz CT molecular complexity index is 326. The van der Waals surface area contributed by atoms with Crippen molar-refractivity contribution in [3.05, 3.63) is 16.9 Å². The molecule has 0 aromatic carbocycles. The van der Waals surface area contributed by atoms with Crippen LogP contribution in [0.25, 0.3) is 0 Å². The highest BCUT2D eigenvalue weighted by Gasteiger charge is 1.76. The van der Waals surface area contributed by atoms with Crippen LogP contribution in [0.5, 0.6) is 0 Å². The zero-order valence-corrected chi connectivity index (χ0v) is 5.09. The summed E-state index contributed by atoms with van der Waals surface area (Å²) in [4.78, 5) is 0. The maximum atomic E-state index is 10.1. The molecular formula is C3H3N3O2S. The zero-order chi connectivity index (χ0) is 6.69. The highest BCUT2D eigenvalue weighted by atomic mass is 32.2. The Balaban J connectivity index is 3.67. The van der Waals surface area contributed by atoms with E-state index in [4.69, 9.17) is 0 Å². The number of aromatic nitrogens is 3. The summed E-state index contributed by atoms with van der Waals surface area (Å²) in [7, 11) is -2.24. The van der Waals surface area contributed by atoms with E-state index in [1.54, 1.807) is 0 Å². The predicted molar refractivity (Wildman–Crippen MR) is 28.5 cm³/mol. The summed E-state index contributed by atoms with van der Waals surface area (Å²) < 4.78 is 20.2. The van der Waals surface area contributed by atoms with Gasteiger partial charge in [0.2, 0.25) is 10.3 Å². The summed E-state index contributed by atoms with van der Waals surface area (Å²) in [6.07, 6.45) is 1.29. The fourth-order valence-corrected chi connectivity index (χ4v) is 0.630. The van der Waals surface area contributed by atoms with Crippen molar-refractivity contribution in [2.45, 2.75) is 0 Å². The Hall–Kier alpha value is -1.17. The first kappa shape index (κ1) is 5.96. The van der Waals surface area contributed by atoms with Crippen LogP contribution in [0.4, 0.5) is 0 Å². The predicted octanol–water partition coefficient (Wildman–Crippen LogP) is -0.784. The molecule has 0 aliphatic carbocycles. The van der Waals surface area contributed by atoms with Gasteiger partial charge >= 0.3 is 0 Å². The van der Waals surface area contributed by atoms with Gasteiger partial charge in [0.25, 0.3) is 0 Å². The van der Waals surface area contributed by atoms with E-state index in [9.17, 15) is 8.42 Å². The minimum atomic E-state index is -2.24. The lowest BCUT2D eigenvalue weighted by atomic mass is 10.7. The third kappa shape index (κ3) is 1.36. The summed E-state index contributed by atoms with van der Waals surface area (Å²) in [5, 5.41) is 8.78. The fraction of sp³-hybridized carbons (Fsp3) is 0. The van der Waals surface area contributed by atoms with Crippen LogP contribution in [0.2, 0.25) is 0 Å². The van der Waals surface area contributed by atoms with Gasteiger partial charge in [-0.2, -0.15) is 8.42 Å². The van der Waals surface area contributed by atoms with E-state index >= 15 is 0 Å². The number of H-pyrrole nitrogens is 1. The average molecular weight is 145 g/mol. The van der Waals surface area contributed by atoms with E-state index in [0.717, 1.165) is 0 Å². The molecule has 1 aromatic heterocycles. The molecule has 0 fully saturated rings. The SMILES string of the molecule is O=S(=O)=c1ccnn[nH]1. The molecule has 1 heterocycles. The van der Waals surface area contributed by atoms with Crippen molar-refractivity contribution in [3.63, 3.8) is 0 Å². The van der Waals surface area contributed by atoms with E-state index in [0.29, 0.717) is 0 Å². The quantitative estimate of drug-likeness (QED) is 0.486. The highest BCUT2D eigenvalue weighted by molar-refractivity contribution is 7.63. The number of hydrogen-bond donors (Lipinski definition) is 1. The Morgan fingerprint density at radius 2 is 2.33 bits per heavy atom. The first-order valence-corrected chi connectivity index (χ1v) is 3.17. The van der Waals surface area contributed by atoms with Gasteiger partial charge in [0.15, 0.2) is 4.64 Å². The van der Waals surface area contributed by atoms with E-state index in [1.165, 1.54) is 12.3 Å². The van der Waals surface area contributed by atoms with Crippen molar-refractivity contribution < 1.29 is 8.42 Å². The van der Waals surface area contributed by atoms with Gasteiger partial charge in [-0.25, -0.2) is 5.10 Å². The van der Waals surface area contributed by atoms with E-state index in [-0.39, 0.29) is 4.64 Å². The van der Waals surface area contributed by atoms with E-state index in [1.807, 2.05) is 0 Å². The largest absolute Gasteiger partial charge is 0.245 e. The van der Waals surface area contributed by atoms with Crippen LogP contribution in [0.3, 0.4) is 0 Å². The molecular weight excluding hydrogens is 142 g/mol. The molecule has 48 valence electrons. The average Bonchev–Trinajstić information content (AvgIpc) is 1.90. The smallest absolute Gasteiger partial charge is 0.239 e. The molecule has 0 spiro atoms. The van der Waals surface area contributed by atoms with Crippen LogP contribution in [-0.4, -0.2) is 23.8 Å². The summed E-state index contributed by atoms with van der Waals surface area (Å²) in [6, 6.07) is 1.32. The topological polar surface area (TPSA) is 75.7 Å². The zero-order valence-electron chi connectivity index (χ0n) is 4.27. The lowest BCUT2D eigenvalue weighted by molar-refractivity contribution is 0.623. The molecule has 9 heavy (non-hydrogen) atoms. The maximum Gasteiger partial charge on any atom is 0.239 e. The normalized spacial score (nSPS) is 8.89. The standard InChI is InChI=1S/C3H3N3O2S/c7-9(8)3-1-2-4-6-5-3/h1-2H,(H,4,5). The monoisotopic (exact) mass is 145 g/mol. The highest BCUT2D eigenvalue weighted by Crippen LogP contribution is 1.71. The second-order valence-corrected chi connectivity index (χ2v) is 2.15. The van der Waals surface area contributed by atoms with Crippen molar-refractivity contribution in [2.24, 2.45) is 0 Å². The van der Waals surface area contributed by atoms with Crippen LogP contribution in [0, 0.1) is 4.64 Å². The number of nitrogens with one attached hydrogen (secondary N) is 1. The number of aromatic amines is 1. The molecule has 0 amide bonds. The molecule has 0 aliphatic heterocycles. The molecule has 1 rings (SSSR count). The molecule has 1 aromatic rings. The van der Waals surface area contributed by atoms with Crippen molar-refractivity contribution >= 4 is 10.3 Å². The second kappa shape index (κ2) is 2.40. The Morgan fingerprint density at radius 1 is 1.56 bits per heavy atom. The number of hydrogen-bond acceptors (Lipinski definition) is 4. The van der Waals surface area contributed by atoms with Crippen LogP contribution < -0.4 is 0 Å². The molecule has 0 saturated carbocycles. The van der Waals surface area contributed by atoms with Crippen molar-refractivity contribution in [1.29, 1.82) is 0 Å².